The third kappa shape index (κ3) is 2.70. The predicted octanol–water partition coefficient (Wildman–Crippen LogP) is 0.0312. The van der Waals surface area contributed by atoms with Gasteiger partial charge in [-0.3, -0.25) is 4.90 Å². The number of aromatic nitrogens is 2. The molecule has 2 aromatic heterocycles. The highest BCUT2D eigenvalue weighted by atomic mass is 35.5. The van der Waals surface area contributed by atoms with Gasteiger partial charge in [0.05, 0.1) is 12.6 Å². The highest BCUT2D eigenvalue weighted by molar-refractivity contribution is 6.04. The molecule has 1 saturated heterocycles. The van der Waals surface area contributed by atoms with Crippen LogP contribution in [0.2, 0.25) is 0 Å². The van der Waals surface area contributed by atoms with E-state index in [0.717, 1.165) is 46.7 Å². The van der Waals surface area contributed by atoms with E-state index in [1.807, 2.05) is 18.2 Å². The van der Waals surface area contributed by atoms with Crippen molar-refractivity contribution in [3.8, 4) is 0 Å². The van der Waals surface area contributed by atoms with Gasteiger partial charge >= 0.3 is 0 Å². The van der Waals surface area contributed by atoms with Crippen LogP contribution in [0.4, 0.5) is 5.82 Å². The molecule has 2 atom stereocenters. The molecule has 0 saturated carbocycles. The highest BCUT2D eigenvalue weighted by Gasteiger charge is 2.30. The average molecular weight is 332 g/mol. The lowest BCUT2D eigenvalue weighted by Crippen LogP contribution is -3.12. The molecule has 4 nitrogen and oxygen atoms in total. The fourth-order valence-electron chi connectivity index (χ4n) is 3.55. The van der Waals surface area contributed by atoms with Crippen LogP contribution in [0.15, 0.2) is 28.7 Å². The van der Waals surface area contributed by atoms with E-state index in [1.54, 1.807) is 0 Å². The maximum atomic E-state index is 6.14. The zero-order chi connectivity index (χ0) is 15.1. The number of hydrogen-bond donors (Lipinski definition) is 1. The lowest BCUT2D eigenvalue weighted by Gasteiger charge is -2.28. The van der Waals surface area contributed by atoms with E-state index in [0.29, 0.717) is 6.04 Å². The van der Waals surface area contributed by atoms with Gasteiger partial charge in [0.25, 0.3) is 5.82 Å². The van der Waals surface area contributed by atoms with Crippen LogP contribution in [0.3, 0.4) is 0 Å². The second-order valence-corrected chi connectivity index (χ2v) is 6.29. The average Bonchev–Trinajstić information content (AvgIpc) is 2.93. The Labute approximate surface area is 142 Å². The molecule has 1 aromatic carbocycles. The first-order valence-electron chi connectivity index (χ1n) is 8.32. The number of fused-ring (bicyclic) bond motifs is 3. The van der Waals surface area contributed by atoms with Crippen LogP contribution in [0.5, 0.6) is 0 Å². The van der Waals surface area contributed by atoms with E-state index in [4.69, 9.17) is 14.4 Å². The summed E-state index contributed by atoms with van der Waals surface area (Å²) >= 11 is 0. The molecule has 5 heteroatoms. The van der Waals surface area contributed by atoms with Crippen LogP contribution >= 0.6 is 0 Å². The van der Waals surface area contributed by atoms with Crippen LogP contribution in [0.1, 0.15) is 38.9 Å². The number of piperidine rings is 1. The minimum absolute atomic E-state index is 0. The molecule has 1 aliphatic rings. The summed E-state index contributed by atoms with van der Waals surface area (Å²) in [4.78, 5) is 11.0. The number of hydrogen-bond acceptors (Lipinski definition) is 3. The monoisotopic (exact) mass is 331 g/mol. The molecule has 122 valence electrons. The van der Waals surface area contributed by atoms with Crippen molar-refractivity contribution in [2.75, 3.05) is 6.54 Å². The van der Waals surface area contributed by atoms with Crippen LogP contribution in [0.25, 0.3) is 22.1 Å². The molecule has 0 spiro atoms. The number of halogens is 1. The summed E-state index contributed by atoms with van der Waals surface area (Å²) in [6, 6.07) is 8.74. The number of aryl methyl sites for hydroxylation is 1. The molecule has 0 amide bonds. The number of nitrogens with zero attached hydrogens (tertiary/aromatic N) is 2. The molecule has 0 bridgehead atoms. The zero-order valence-electron chi connectivity index (χ0n) is 13.6. The second kappa shape index (κ2) is 6.46. The Kier molecular flexibility index (Phi) is 4.55. The van der Waals surface area contributed by atoms with Crippen molar-refractivity contribution < 1.29 is 21.7 Å². The zero-order valence-corrected chi connectivity index (χ0v) is 14.4. The highest BCUT2D eigenvalue weighted by Crippen LogP contribution is 2.30. The van der Waals surface area contributed by atoms with E-state index in [2.05, 4.69) is 19.9 Å². The minimum atomic E-state index is 0. The molecular formula is C18H22ClN3O. The van der Waals surface area contributed by atoms with Crippen molar-refractivity contribution in [2.45, 2.75) is 45.6 Å². The van der Waals surface area contributed by atoms with Gasteiger partial charge in [-0.2, -0.15) is 4.98 Å². The van der Waals surface area contributed by atoms with Crippen molar-refractivity contribution in [3.05, 3.63) is 30.1 Å². The van der Waals surface area contributed by atoms with Crippen LogP contribution in [-0.4, -0.2) is 22.6 Å². The Morgan fingerprint density at radius 3 is 2.83 bits per heavy atom. The van der Waals surface area contributed by atoms with E-state index in [9.17, 15) is 0 Å². The standard InChI is InChI=1S/C18H21N3O.ClH/c1-3-15-19-16-13-9-4-5-10-14(13)22-17(16)18(20-15)21-11-7-6-8-12(21)2;/h4-5,9-10,12H,3,6-8,11H2,1-2H3;1H. The molecule has 2 unspecified atom stereocenters. The fraction of sp³-hybridized carbons (Fsp3) is 0.444. The number of para-hydroxylation sites is 1. The molecule has 3 aromatic rings. The number of rotatable bonds is 2. The Hall–Kier alpha value is -1.65. The van der Waals surface area contributed by atoms with Crippen molar-refractivity contribution in [1.82, 2.24) is 9.97 Å². The lowest BCUT2D eigenvalue weighted by molar-refractivity contribution is -0.865. The lowest BCUT2D eigenvalue weighted by atomic mass is 10.0. The largest absolute Gasteiger partial charge is 1.00 e. The number of nitrogens with one attached hydrogen (secondary N) is 1. The van der Waals surface area contributed by atoms with Gasteiger partial charge in [-0.1, -0.05) is 19.1 Å². The molecular weight excluding hydrogens is 310 g/mol. The Morgan fingerprint density at radius 1 is 1.22 bits per heavy atom. The van der Waals surface area contributed by atoms with Crippen LogP contribution in [-0.2, 0) is 6.42 Å². The molecule has 1 aliphatic heterocycles. The summed E-state index contributed by atoms with van der Waals surface area (Å²) < 4.78 is 6.14. The van der Waals surface area contributed by atoms with Crippen molar-refractivity contribution in [3.63, 3.8) is 0 Å². The van der Waals surface area contributed by atoms with E-state index in [-0.39, 0.29) is 12.4 Å². The summed E-state index contributed by atoms with van der Waals surface area (Å²) in [5.41, 5.74) is 2.76. The van der Waals surface area contributed by atoms with Crippen LogP contribution < -0.4 is 17.3 Å². The first kappa shape index (κ1) is 16.2. The van der Waals surface area contributed by atoms with E-state index in [1.165, 1.54) is 24.2 Å². The first-order chi connectivity index (χ1) is 10.8. The third-order valence-electron chi connectivity index (χ3n) is 4.81. The van der Waals surface area contributed by atoms with Crippen molar-refractivity contribution in [1.29, 1.82) is 0 Å². The number of furan rings is 1. The minimum Gasteiger partial charge on any atom is -1.00 e. The Morgan fingerprint density at radius 2 is 2.04 bits per heavy atom. The molecule has 0 radical (unpaired) electrons. The van der Waals surface area contributed by atoms with Gasteiger partial charge in [0.15, 0.2) is 0 Å². The summed E-state index contributed by atoms with van der Waals surface area (Å²) in [6.07, 6.45) is 4.68. The van der Waals surface area contributed by atoms with E-state index >= 15 is 0 Å². The summed E-state index contributed by atoms with van der Waals surface area (Å²) in [7, 11) is 0. The van der Waals surface area contributed by atoms with Crippen LogP contribution in [0, 0.1) is 0 Å². The number of quaternary nitrogens is 1. The van der Waals surface area contributed by atoms with Gasteiger partial charge in [0, 0.05) is 11.8 Å². The maximum Gasteiger partial charge on any atom is 0.273 e. The van der Waals surface area contributed by atoms with Gasteiger partial charge in [0.1, 0.15) is 16.9 Å². The summed E-state index contributed by atoms with van der Waals surface area (Å²) in [5.74, 6) is 1.98. The number of benzene rings is 1. The van der Waals surface area contributed by atoms with E-state index < -0.39 is 0 Å². The topological polar surface area (TPSA) is 43.4 Å². The second-order valence-electron chi connectivity index (χ2n) is 6.29. The maximum absolute atomic E-state index is 6.14. The first-order valence-corrected chi connectivity index (χ1v) is 8.32. The molecule has 1 fully saturated rings. The molecule has 3 heterocycles. The van der Waals surface area contributed by atoms with Gasteiger partial charge in [0.2, 0.25) is 5.58 Å². The smallest absolute Gasteiger partial charge is 0.273 e. The SMILES string of the molecule is CCc1nc([NH+]2CCCCC2C)c2oc3ccccc3c2n1.[Cl-]. The summed E-state index contributed by atoms with van der Waals surface area (Å²) in [5, 5.41) is 1.10. The Balaban J connectivity index is 0.00000156. The molecule has 4 rings (SSSR count). The molecule has 0 aliphatic carbocycles. The normalized spacial score (nSPS) is 21.5. The van der Waals surface area contributed by atoms with Gasteiger partial charge in [-0.05, 0) is 38.3 Å². The Bertz CT molecular complexity index is 830. The summed E-state index contributed by atoms with van der Waals surface area (Å²) in [6.45, 7) is 5.56. The third-order valence-corrected chi connectivity index (χ3v) is 4.81. The van der Waals surface area contributed by atoms with Gasteiger partial charge < -0.3 is 16.8 Å². The molecule has 1 N–H and O–H groups in total. The van der Waals surface area contributed by atoms with Crippen molar-refractivity contribution in [2.24, 2.45) is 0 Å². The van der Waals surface area contributed by atoms with Crippen molar-refractivity contribution >= 4 is 27.9 Å². The van der Waals surface area contributed by atoms with Gasteiger partial charge in [-0.25, -0.2) is 4.98 Å². The molecule has 23 heavy (non-hydrogen) atoms. The van der Waals surface area contributed by atoms with Gasteiger partial charge in [-0.15, -0.1) is 0 Å². The predicted molar refractivity (Wildman–Crippen MR) is 87.5 cm³/mol. The fourth-order valence-corrected chi connectivity index (χ4v) is 3.55. The quantitative estimate of drug-likeness (QED) is 0.720.